The predicted molar refractivity (Wildman–Crippen MR) is 257 cm³/mol. The summed E-state index contributed by atoms with van der Waals surface area (Å²) >= 11 is 0. The molecule has 0 amide bonds. The molecule has 2 unspecified atom stereocenters. The fraction of sp³-hybridized carbons (Fsp3) is 0.583. The minimum Gasteiger partial charge on any atom is -0.845 e. The number of nitrogens with two attached hydrogens (primary N) is 1. The molecule has 0 saturated carbocycles. The Labute approximate surface area is 392 Å². The van der Waals surface area contributed by atoms with Gasteiger partial charge in [-0.3, -0.25) is 9.36 Å². The summed E-state index contributed by atoms with van der Waals surface area (Å²) in [5.74, 6) is 0. The van der Waals surface area contributed by atoms with Gasteiger partial charge in [0.1, 0.15) is 12.1 Å². The minimum atomic E-state index is -4.25. The van der Waals surface area contributed by atoms with Crippen molar-refractivity contribution >= 4 is 43.5 Å². The molecule has 0 aliphatic heterocycles. The molecule has 360 valence electrons. The molecule has 8 rings (SSSR count). The highest BCUT2D eigenvalue weighted by molar-refractivity contribution is 7.90. The van der Waals surface area contributed by atoms with E-state index in [4.69, 9.17) is 5.14 Å². The summed E-state index contributed by atoms with van der Waals surface area (Å²) in [7, 11) is 4.30. The number of aliphatic imine (C=N–C) groups is 1. The van der Waals surface area contributed by atoms with Crippen molar-refractivity contribution in [3.8, 4) is 0 Å². The number of nitrogens with one attached hydrogen (secondary N) is 1. The minimum absolute atomic E-state index is 0.00664. The van der Waals surface area contributed by atoms with E-state index in [1.165, 1.54) is 46.2 Å². The maximum absolute atomic E-state index is 13.1. The molecule has 2 heterocycles. The second-order valence-electron chi connectivity index (χ2n) is 20.7. The number of fused-ring (bicyclic) bond motifs is 4. The normalized spacial score (nSPS) is 16.7. The molecule has 3 N–H and O–H groups in total. The van der Waals surface area contributed by atoms with Gasteiger partial charge in [-0.05, 0) is 163 Å². The maximum atomic E-state index is 13.1. The number of isocyanates is 1. The third kappa shape index (κ3) is 11.0. The first kappa shape index (κ1) is 50.7. The van der Waals surface area contributed by atoms with Gasteiger partial charge >= 0.3 is 10.0 Å². The Morgan fingerprint density at radius 2 is 1.03 bits per heavy atom. The Balaban J connectivity index is 0.000000182. The van der Waals surface area contributed by atoms with Crippen LogP contribution in [0.2, 0.25) is 0 Å². The number of quaternary nitrogens is 2. The number of primary sulfonamides is 1. The van der Waals surface area contributed by atoms with Crippen LogP contribution in [-0.4, -0.2) is 99.8 Å². The van der Waals surface area contributed by atoms with Crippen molar-refractivity contribution in [3.63, 3.8) is 0 Å². The van der Waals surface area contributed by atoms with Gasteiger partial charge in [-0.15, -0.1) is 0 Å². The van der Waals surface area contributed by atoms with Gasteiger partial charge in [-0.1, -0.05) is 12.1 Å². The van der Waals surface area contributed by atoms with E-state index in [2.05, 4.69) is 58.2 Å². The molecule has 16 nitrogen and oxygen atoms in total. The molecule has 0 fully saturated rings. The van der Waals surface area contributed by atoms with Crippen LogP contribution in [0.15, 0.2) is 43.7 Å². The van der Waals surface area contributed by atoms with Crippen LogP contribution in [0.4, 0.5) is 11.4 Å². The monoisotopic (exact) mass is 947 g/mol. The summed E-state index contributed by atoms with van der Waals surface area (Å²) in [6.45, 7) is 11.9. The van der Waals surface area contributed by atoms with Gasteiger partial charge in [0.05, 0.1) is 65.4 Å². The van der Waals surface area contributed by atoms with Crippen LogP contribution in [0.1, 0.15) is 147 Å². The molecule has 0 radical (unpaired) electrons. The van der Waals surface area contributed by atoms with Gasteiger partial charge in [-0.25, -0.2) is 18.4 Å². The van der Waals surface area contributed by atoms with Crippen LogP contribution in [0, 0.1) is 0 Å². The first-order chi connectivity index (χ1) is 30.7. The van der Waals surface area contributed by atoms with Crippen LogP contribution in [-0.2, 0) is 76.2 Å². The zero-order valence-corrected chi connectivity index (χ0v) is 42.7. The first-order valence-electron chi connectivity index (χ1n) is 23.3. The predicted octanol–water partition coefficient (Wildman–Crippen LogP) is 6.24. The Morgan fingerprint density at radius 3 is 1.41 bits per heavy atom. The smallest absolute Gasteiger partial charge is 0.302 e. The molecule has 18 heteroatoms. The standard InChI is InChI=1S/C24H35N5O3S.C13H13NO.C11H23N4O2S/c1-15(2)28-21(16(3)29(4,5)6)14-22(26-28)33(31,32)27-24(30)25-23-19-11-7-9-17(19)13-18-10-8-12-20(18)23;15-8-14-13-11-5-1-3-9(11)7-10-4-2-6-12(10)13;1-8(2)14-10(9(3)15(4,5)6)7-11(13-14)18(12,16)17/h13-16H,7-12H2,1-6H3,(H-,25,27,30);7H,1-6H2;7-9H,1-6H3,(H2,12,16,17)/q;;+1. The topological polar surface area (TPSA) is 207 Å². The van der Waals surface area contributed by atoms with Crippen LogP contribution in [0.3, 0.4) is 0 Å². The van der Waals surface area contributed by atoms with Crippen molar-refractivity contribution in [1.82, 2.24) is 19.6 Å². The van der Waals surface area contributed by atoms with Crippen LogP contribution in [0.5, 0.6) is 0 Å². The van der Waals surface area contributed by atoms with Crippen molar-refractivity contribution in [2.75, 3.05) is 47.6 Å². The lowest BCUT2D eigenvalue weighted by Crippen LogP contribution is -2.38. The van der Waals surface area contributed by atoms with Crippen molar-refractivity contribution in [1.29, 1.82) is 0 Å². The molecule has 0 saturated heterocycles. The lowest BCUT2D eigenvalue weighted by Gasteiger charge is -2.32. The van der Waals surface area contributed by atoms with Crippen LogP contribution < -0.4 is 15.6 Å². The summed E-state index contributed by atoms with van der Waals surface area (Å²) in [5.41, 5.74) is 13.7. The second kappa shape index (κ2) is 19.5. The summed E-state index contributed by atoms with van der Waals surface area (Å²) in [6, 6.07) is 7.07. The fourth-order valence-corrected chi connectivity index (χ4v) is 10.8. The SMILES string of the molecule is CC(C)n1nc(S(=O)(=O)N=C([O-])Nc2c3c(cc4c2CCC4)CCC3)cc1C(C)[N+](C)(C)C.CC(C)n1nc(S(N)(=O)=O)cc1C(C)[N+](C)(C)C.O=C=Nc1c2c(cc3c1CCC3)CCC2. The van der Waals surface area contributed by atoms with Gasteiger partial charge in [-0.2, -0.15) is 28.0 Å². The Kier molecular flexibility index (Phi) is 15.0. The number of sulfonamides is 2. The Morgan fingerprint density at radius 1 is 0.652 bits per heavy atom. The third-order valence-corrected chi connectivity index (χ3v) is 15.6. The van der Waals surface area contributed by atoms with E-state index in [0.717, 1.165) is 98.1 Å². The molecule has 2 aromatic heterocycles. The zero-order valence-electron chi connectivity index (χ0n) is 41.0. The molecule has 4 aromatic rings. The van der Waals surface area contributed by atoms with E-state index in [1.807, 2.05) is 62.7 Å². The Bertz CT molecular complexity index is 2700. The van der Waals surface area contributed by atoms with Gasteiger partial charge in [0.2, 0.25) is 6.08 Å². The number of nitrogens with zero attached hydrogens (tertiary/aromatic N) is 8. The molecule has 4 aliphatic carbocycles. The van der Waals surface area contributed by atoms with Gasteiger partial charge in [0, 0.05) is 29.9 Å². The Hall–Kier alpha value is -4.71. The van der Waals surface area contributed by atoms with E-state index in [1.54, 1.807) is 27.6 Å². The summed E-state index contributed by atoms with van der Waals surface area (Å²) < 4.78 is 57.2. The van der Waals surface area contributed by atoms with Gasteiger partial charge < -0.3 is 19.4 Å². The maximum Gasteiger partial charge on any atom is 0.302 e. The molecule has 0 spiro atoms. The number of hydrogen-bond donors (Lipinski definition) is 2. The van der Waals surface area contributed by atoms with Crippen molar-refractivity contribution in [3.05, 3.63) is 80.2 Å². The molecule has 66 heavy (non-hydrogen) atoms. The number of benzene rings is 2. The number of hydrogen-bond acceptors (Lipinski definition) is 9. The highest BCUT2D eigenvalue weighted by Crippen LogP contribution is 2.41. The second-order valence-corrected chi connectivity index (χ2v) is 23.7. The molecule has 2 atom stereocenters. The zero-order chi connectivity index (χ0) is 48.7. The summed E-state index contributed by atoms with van der Waals surface area (Å²) in [5, 5.41) is 29.0. The highest BCUT2D eigenvalue weighted by atomic mass is 32.2. The molecule has 2 aromatic carbocycles. The van der Waals surface area contributed by atoms with Crippen molar-refractivity contribution < 1.29 is 35.7 Å². The van der Waals surface area contributed by atoms with Crippen molar-refractivity contribution in [2.45, 2.75) is 153 Å². The number of aromatic nitrogens is 4. The highest BCUT2D eigenvalue weighted by Gasteiger charge is 2.32. The number of aryl methyl sites for hydroxylation is 4. The average molecular weight is 948 g/mol. The van der Waals surface area contributed by atoms with E-state index in [-0.39, 0.29) is 34.2 Å². The third-order valence-electron chi connectivity index (χ3n) is 13.7. The number of amidine groups is 1. The molecular formula is C48H71N10O6S2+. The average Bonchev–Trinajstić information content (AvgIpc) is 4.06. The van der Waals surface area contributed by atoms with E-state index >= 15 is 0 Å². The number of rotatable bonds is 11. The molecule has 4 aliphatic rings. The van der Waals surface area contributed by atoms with E-state index < -0.39 is 26.1 Å². The summed E-state index contributed by atoms with van der Waals surface area (Å²) in [4.78, 5) is 14.4. The number of anilines is 1. The molecular weight excluding hydrogens is 877 g/mol. The van der Waals surface area contributed by atoms with Crippen LogP contribution >= 0.6 is 0 Å². The van der Waals surface area contributed by atoms with E-state index in [0.29, 0.717) is 8.97 Å². The fourth-order valence-electron chi connectivity index (χ4n) is 9.50. The molecule has 0 bridgehead atoms. The van der Waals surface area contributed by atoms with Crippen LogP contribution in [0.25, 0.3) is 0 Å². The lowest BCUT2D eigenvalue weighted by molar-refractivity contribution is -0.900. The summed E-state index contributed by atoms with van der Waals surface area (Å²) in [6.07, 6.45) is 14.5. The van der Waals surface area contributed by atoms with E-state index in [9.17, 15) is 26.7 Å². The first-order valence-corrected chi connectivity index (χ1v) is 26.2. The van der Waals surface area contributed by atoms with Gasteiger partial charge in [0.15, 0.2) is 10.1 Å². The number of carbonyl (C=O) groups excluding carboxylic acids is 1. The quantitative estimate of drug-likeness (QED) is 0.0755. The lowest BCUT2D eigenvalue weighted by atomic mass is 9.99. The van der Waals surface area contributed by atoms with Gasteiger partial charge in [0.25, 0.3) is 10.0 Å². The largest absolute Gasteiger partial charge is 0.845 e. The van der Waals surface area contributed by atoms with Crippen molar-refractivity contribution in [2.24, 2.45) is 14.5 Å².